The lowest BCUT2D eigenvalue weighted by molar-refractivity contribution is 0.563. The second-order valence-corrected chi connectivity index (χ2v) is 6.44. The van der Waals surface area contributed by atoms with Gasteiger partial charge in [0.15, 0.2) is 9.84 Å². The zero-order valence-corrected chi connectivity index (χ0v) is 8.35. The predicted octanol–water partition coefficient (Wildman–Crippen LogP) is 1.56. The molecule has 12 heavy (non-hydrogen) atoms. The molecule has 0 bridgehead atoms. The van der Waals surface area contributed by atoms with E-state index in [1.54, 1.807) is 46.5 Å². The Labute approximate surface area is 75.3 Å². The smallest absolute Gasteiger partial charge is 0.163 e. The van der Waals surface area contributed by atoms with Crippen molar-refractivity contribution in [3.63, 3.8) is 0 Å². The lowest BCUT2D eigenvalue weighted by Crippen LogP contribution is -2.32. The van der Waals surface area contributed by atoms with E-state index < -0.39 is 14.6 Å². The Bertz CT molecular complexity index is 240. The molecule has 0 unspecified atom stereocenters. The highest BCUT2D eigenvalue weighted by Crippen LogP contribution is 2.35. The van der Waals surface area contributed by atoms with Gasteiger partial charge >= 0.3 is 0 Å². The van der Waals surface area contributed by atoms with E-state index in [9.17, 15) is 8.42 Å². The van der Waals surface area contributed by atoms with E-state index in [0.717, 1.165) is 0 Å². The summed E-state index contributed by atoms with van der Waals surface area (Å²) in [7, 11) is -3.13. The molecule has 0 aromatic carbocycles. The third-order valence-electron chi connectivity index (χ3n) is 1.75. The van der Waals surface area contributed by atoms with E-state index in [-0.39, 0.29) is 0 Å². The SMILES string of the molecule is CC(C)(C)S(=O)(=O)[C]1[CH][CH][CH][CH]1. The molecule has 67 valence electrons. The van der Waals surface area contributed by atoms with Gasteiger partial charge in [-0.25, -0.2) is 8.42 Å². The number of rotatable bonds is 1. The zero-order chi connectivity index (χ0) is 9.41. The Morgan fingerprint density at radius 3 is 1.83 bits per heavy atom. The molecular formula is C9H13O2S. The van der Waals surface area contributed by atoms with E-state index in [1.807, 2.05) is 0 Å². The van der Waals surface area contributed by atoms with Gasteiger partial charge in [-0.15, -0.1) is 0 Å². The molecule has 0 N–H and O–H groups in total. The van der Waals surface area contributed by atoms with Crippen LogP contribution in [-0.4, -0.2) is 13.2 Å². The van der Waals surface area contributed by atoms with E-state index >= 15 is 0 Å². The Kier molecular flexibility index (Phi) is 2.52. The molecule has 0 aromatic heterocycles. The fourth-order valence-corrected chi connectivity index (χ4v) is 2.11. The van der Waals surface area contributed by atoms with Gasteiger partial charge in [0.05, 0.1) is 10.00 Å². The normalized spacial score (nSPS) is 21.6. The molecule has 3 heteroatoms. The minimum atomic E-state index is -3.13. The van der Waals surface area contributed by atoms with E-state index in [1.165, 1.54) is 0 Å². The number of hydrogen-bond donors (Lipinski definition) is 0. The molecule has 1 saturated carbocycles. The first-order valence-corrected chi connectivity index (χ1v) is 5.30. The molecule has 2 nitrogen and oxygen atoms in total. The van der Waals surface area contributed by atoms with Crippen molar-refractivity contribution in [1.29, 1.82) is 0 Å². The molecule has 1 rings (SSSR count). The molecule has 1 aliphatic rings. The minimum absolute atomic E-state index is 0.412. The van der Waals surface area contributed by atoms with Crippen LogP contribution in [0.4, 0.5) is 0 Å². The van der Waals surface area contributed by atoms with Crippen LogP contribution in [0.15, 0.2) is 0 Å². The van der Waals surface area contributed by atoms with Crippen molar-refractivity contribution >= 4 is 9.84 Å². The lowest BCUT2D eigenvalue weighted by atomic mass is 10.3. The second kappa shape index (κ2) is 3.02. The van der Waals surface area contributed by atoms with Crippen LogP contribution in [0, 0.1) is 30.9 Å². The second-order valence-electron chi connectivity index (χ2n) is 3.74. The zero-order valence-electron chi connectivity index (χ0n) is 7.53. The van der Waals surface area contributed by atoms with Crippen molar-refractivity contribution in [2.45, 2.75) is 25.5 Å². The average Bonchev–Trinajstić information content (AvgIpc) is 2.34. The van der Waals surface area contributed by atoms with Crippen molar-refractivity contribution in [2.24, 2.45) is 0 Å². The molecule has 0 aliphatic heterocycles. The third kappa shape index (κ3) is 1.65. The Morgan fingerprint density at radius 2 is 1.50 bits per heavy atom. The van der Waals surface area contributed by atoms with Crippen LogP contribution in [0.1, 0.15) is 20.8 Å². The van der Waals surface area contributed by atoms with Gasteiger partial charge in [-0.05, 0) is 46.5 Å². The third-order valence-corrected chi connectivity index (χ3v) is 4.25. The fourth-order valence-electron chi connectivity index (χ4n) is 0.889. The summed E-state index contributed by atoms with van der Waals surface area (Å²) in [5.74, 6) is 0. The topological polar surface area (TPSA) is 34.1 Å². The van der Waals surface area contributed by atoms with Crippen molar-refractivity contribution in [3.8, 4) is 0 Å². The maximum Gasteiger partial charge on any atom is 0.163 e. The molecule has 1 fully saturated rings. The van der Waals surface area contributed by atoms with Crippen LogP contribution in [0.2, 0.25) is 0 Å². The van der Waals surface area contributed by atoms with Gasteiger partial charge in [-0.3, -0.25) is 0 Å². The van der Waals surface area contributed by atoms with Gasteiger partial charge in [-0.2, -0.15) is 0 Å². The molecule has 0 saturated heterocycles. The maximum absolute atomic E-state index is 11.7. The van der Waals surface area contributed by atoms with Gasteiger partial charge in [0.1, 0.15) is 0 Å². The van der Waals surface area contributed by atoms with Gasteiger partial charge in [0.2, 0.25) is 0 Å². The Morgan fingerprint density at radius 1 is 1.08 bits per heavy atom. The van der Waals surface area contributed by atoms with Gasteiger partial charge in [-0.1, -0.05) is 0 Å². The summed E-state index contributed by atoms with van der Waals surface area (Å²) in [6.45, 7) is 5.11. The van der Waals surface area contributed by atoms with Crippen molar-refractivity contribution in [2.75, 3.05) is 0 Å². The van der Waals surface area contributed by atoms with Crippen molar-refractivity contribution in [1.82, 2.24) is 0 Å². The summed E-state index contributed by atoms with van der Waals surface area (Å²) < 4.78 is 22.7. The van der Waals surface area contributed by atoms with Gasteiger partial charge in [0, 0.05) is 0 Å². The van der Waals surface area contributed by atoms with Crippen LogP contribution < -0.4 is 0 Å². The first-order valence-electron chi connectivity index (χ1n) is 3.82. The van der Waals surface area contributed by atoms with E-state index in [4.69, 9.17) is 0 Å². The van der Waals surface area contributed by atoms with E-state index in [0.29, 0.717) is 5.25 Å². The molecule has 0 atom stereocenters. The van der Waals surface area contributed by atoms with E-state index in [2.05, 4.69) is 0 Å². The fraction of sp³-hybridized carbons (Fsp3) is 0.444. The molecule has 0 heterocycles. The first-order chi connectivity index (χ1) is 5.36. The van der Waals surface area contributed by atoms with Gasteiger partial charge in [0.25, 0.3) is 0 Å². The summed E-state index contributed by atoms with van der Waals surface area (Å²) in [6.07, 6.45) is 6.72. The highest BCUT2D eigenvalue weighted by Gasteiger charge is 2.39. The van der Waals surface area contributed by atoms with Crippen LogP contribution in [-0.2, 0) is 9.84 Å². The Balaban J connectivity index is 2.85. The molecule has 0 amide bonds. The largest absolute Gasteiger partial charge is 0.228 e. The minimum Gasteiger partial charge on any atom is -0.228 e. The average molecular weight is 185 g/mol. The summed E-state index contributed by atoms with van der Waals surface area (Å²) in [6, 6.07) is 0. The predicted molar refractivity (Wildman–Crippen MR) is 49.1 cm³/mol. The molecule has 1 aliphatic carbocycles. The highest BCUT2D eigenvalue weighted by molar-refractivity contribution is 7.95. The van der Waals surface area contributed by atoms with Crippen molar-refractivity contribution < 1.29 is 8.42 Å². The monoisotopic (exact) mass is 185 g/mol. The van der Waals surface area contributed by atoms with Crippen LogP contribution in [0.25, 0.3) is 0 Å². The molecular weight excluding hydrogens is 172 g/mol. The summed E-state index contributed by atoms with van der Waals surface area (Å²) in [5, 5.41) is 0.412. The first kappa shape index (κ1) is 10.0. The quantitative estimate of drug-likeness (QED) is 0.621. The highest BCUT2D eigenvalue weighted by atomic mass is 32.2. The van der Waals surface area contributed by atoms with Gasteiger partial charge < -0.3 is 0 Å². The lowest BCUT2D eigenvalue weighted by Gasteiger charge is -2.22. The number of hydrogen-bond acceptors (Lipinski definition) is 2. The Hall–Kier alpha value is -0.0500. The van der Waals surface area contributed by atoms with Crippen LogP contribution in [0.5, 0.6) is 0 Å². The number of sulfone groups is 1. The summed E-state index contributed by atoms with van der Waals surface area (Å²) in [4.78, 5) is 0. The summed E-state index contributed by atoms with van der Waals surface area (Å²) in [5.41, 5.74) is 0. The molecule has 5 radical (unpaired) electrons. The van der Waals surface area contributed by atoms with Crippen LogP contribution in [0.3, 0.4) is 0 Å². The molecule has 0 spiro atoms. The van der Waals surface area contributed by atoms with Crippen LogP contribution >= 0.6 is 0 Å². The summed E-state index contributed by atoms with van der Waals surface area (Å²) >= 11 is 0. The van der Waals surface area contributed by atoms with Crippen molar-refractivity contribution in [3.05, 3.63) is 30.9 Å². The maximum atomic E-state index is 11.7. The standard InChI is InChI=1S/C9H13O2S/c1-9(2,3)12(10,11)8-6-4-5-7-8/h4-7H,1-3H3. The molecule has 0 aromatic rings.